The largest absolute Gasteiger partial charge is 0.507 e. The van der Waals surface area contributed by atoms with Gasteiger partial charge in [0.15, 0.2) is 11.6 Å². The van der Waals surface area contributed by atoms with Crippen LogP contribution in [-0.2, 0) is 4.79 Å². The van der Waals surface area contributed by atoms with Gasteiger partial charge in [-0.3, -0.25) is 23.9 Å². The minimum atomic E-state index is -1.10. The average molecular weight is 634 g/mol. The first kappa shape index (κ1) is 32.4. The second-order valence-electron chi connectivity index (χ2n) is 11.9. The minimum absolute atomic E-state index is 0.0763. The third kappa shape index (κ3) is 5.41. The van der Waals surface area contributed by atoms with E-state index in [-0.39, 0.29) is 47.6 Å². The van der Waals surface area contributed by atoms with Crippen LogP contribution in [0.2, 0.25) is 0 Å². The zero-order valence-electron chi connectivity index (χ0n) is 26.1. The van der Waals surface area contributed by atoms with Crippen molar-refractivity contribution in [1.29, 1.82) is 0 Å². The summed E-state index contributed by atoms with van der Waals surface area (Å²) in [5, 5.41) is 13.2. The predicted octanol–water partition coefficient (Wildman–Crippen LogP) is 5.66. The number of benzene rings is 1. The summed E-state index contributed by atoms with van der Waals surface area (Å²) in [6, 6.07) is 6.30. The van der Waals surface area contributed by atoms with Crippen molar-refractivity contribution < 1.29 is 27.9 Å². The van der Waals surface area contributed by atoms with E-state index in [2.05, 4.69) is 21.9 Å². The van der Waals surface area contributed by atoms with E-state index in [9.17, 15) is 23.9 Å². The molecule has 1 aliphatic rings. The van der Waals surface area contributed by atoms with Crippen molar-refractivity contribution in [3.63, 3.8) is 0 Å². The molecule has 1 aromatic carbocycles. The van der Waals surface area contributed by atoms with E-state index in [0.717, 1.165) is 12.1 Å². The van der Waals surface area contributed by atoms with Crippen LogP contribution in [0.3, 0.4) is 0 Å². The summed E-state index contributed by atoms with van der Waals surface area (Å²) < 4.78 is 46.2. The van der Waals surface area contributed by atoms with Crippen LogP contribution in [0.1, 0.15) is 66.2 Å². The quantitative estimate of drug-likeness (QED) is 0.265. The van der Waals surface area contributed by atoms with E-state index in [0.29, 0.717) is 16.9 Å². The Morgan fingerprint density at radius 2 is 1.89 bits per heavy atom. The highest BCUT2D eigenvalue weighted by Gasteiger charge is 2.37. The smallest absolute Gasteiger partial charge is 0.281 e. The predicted molar refractivity (Wildman–Crippen MR) is 168 cm³/mol. The van der Waals surface area contributed by atoms with Gasteiger partial charge in [0.2, 0.25) is 0 Å². The number of piperidine rings is 1. The summed E-state index contributed by atoms with van der Waals surface area (Å²) in [5.74, 6) is -6.33. The standard InChI is InChI=1S/C34H34F3N5O4/c1-16(2)28-30(17(3)10-12-39-28)42-31-21(14-23(37)29(40-31)26-22(36)8-7-9-24(26)43)25(27(34(42)46)32(44)38-6)20-11-13-41(15-18(20)4)33(45)19(5)35/h7-10,12,14,16,18,20,43H,5,11,13,15H2,1-4,6H3,(H,38,44)/t18-,20?/m0/s1. The lowest BCUT2D eigenvalue weighted by Gasteiger charge is -2.38. The first-order chi connectivity index (χ1) is 21.8. The summed E-state index contributed by atoms with van der Waals surface area (Å²) in [6.07, 6.45) is 1.80. The van der Waals surface area contributed by atoms with Crippen molar-refractivity contribution in [2.24, 2.45) is 5.92 Å². The lowest BCUT2D eigenvalue weighted by atomic mass is 9.78. The number of carbonyl (C=O) groups excluding carboxylic acids is 2. The maximum Gasteiger partial charge on any atom is 0.281 e. The molecule has 46 heavy (non-hydrogen) atoms. The first-order valence-electron chi connectivity index (χ1n) is 14.9. The van der Waals surface area contributed by atoms with Crippen LogP contribution in [0.4, 0.5) is 13.2 Å². The average Bonchev–Trinajstić information content (AvgIpc) is 3.00. The fourth-order valence-electron chi connectivity index (χ4n) is 6.38. The number of rotatable bonds is 6. The highest BCUT2D eigenvalue weighted by molar-refractivity contribution is 6.01. The van der Waals surface area contributed by atoms with Gasteiger partial charge in [-0.05, 0) is 66.5 Å². The number of halogens is 3. The number of likely N-dealkylation sites (tertiary alicyclic amines) is 1. The Bertz CT molecular complexity index is 1950. The minimum Gasteiger partial charge on any atom is -0.507 e. The van der Waals surface area contributed by atoms with E-state index >= 15 is 8.78 Å². The molecular weight excluding hydrogens is 599 g/mol. The number of nitrogens with one attached hydrogen (secondary N) is 1. The number of pyridine rings is 3. The topological polar surface area (TPSA) is 117 Å². The number of aromatic hydroxyl groups is 1. The molecule has 1 aliphatic heterocycles. The van der Waals surface area contributed by atoms with Crippen LogP contribution in [0, 0.1) is 24.5 Å². The third-order valence-electron chi connectivity index (χ3n) is 8.55. The number of aryl methyl sites for hydroxylation is 1. The van der Waals surface area contributed by atoms with Gasteiger partial charge < -0.3 is 15.3 Å². The summed E-state index contributed by atoms with van der Waals surface area (Å²) in [7, 11) is 1.37. The van der Waals surface area contributed by atoms with E-state index in [1.165, 1.54) is 28.6 Å². The van der Waals surface area contributed by atoms with Crippen LogP contribution >= 0.6 is 0 Å². The maximum absolute atomic E-state index is 16.2. The van der Waals surface area contributed by atoms with Crippen molar-refractivity contribution in [1.82, 2.24) is 24.8 Å². The molecule has 0 bridgehead atoms. The number of nitrogens with zero attached hydrogens (tertiary/aromatic N) is 4. The fourth-order valence-corrected chi connectivity index (χ4v) is 6.38. The van der Waals surface area contributed by atoms with Crippen molar-refractivity contribution in [3.8, 4) is 22.7 Å². The van der Waals surface area contributed by atoms with Crippen molar-refractivity contribution in [2.45, 2.75) is 46.0 Å². The summed E-state index contributed by atoms with van der Waals surface area (Å²) >= 11 is 0. The molecule has 0 aliphatic carbocycles. The Kier molecular flexibility index (Phi) is 8.74. The number of phenolic OH excluding ortho intramolecular Hbond substituents is 1. The lowest BCUT2D eigenvalue weighted by Crippen LogP contribution is -2.43. The fraction of sp³-hybridized carbons (Fsp3) is 0.324. The van der Waals surface area contributed by atoms with Gasteiger partial charge in [-0.2, -0.15) is 0 Å². The molecule has 12 heteroatoms. The zero-order chi connectivity index (χ0) is 33.6. The van der Waals surface area contributed by atoms with E-state index in [1.807, 2.05) is 13.8 Å². The molecule has 9 nitrogen and oxygen atoms in total. The Hall–Kier alpha value is -5.00. The van der Waals surface area contributed by atoms with Gasteiger partial charge in [-0.1, -0.05) is 33.4 Å². The number of phenols is 1. The normalized spacial score (nSPS) is 16.6. The summed E-state index contributed by atoms with van der Waals surface area (Å²) in [5.41, 5.74) is -0.438. The number of carbonyl (C=O) groups is 2. The van der Waals surface area contributed by atoms with E-state index < -0.39 is 63.7 Å². The van der Waals surface area contributed by atoms with Crippen LogP contribution in [-0.4, -0.2) is 56.5 Å². The third-order valence-corrected chi connectivity index (χ3v) is 8.55. The Morgan fingerprint density at radius 3 is 2.50 bits per heavy atom. The lowest BCUT2D eigenvalue weighted by molar-refractivity contribution is -0.130. The number of hydrogen-bond donors (Lipinski definition) is 2. The first-order valence-corrected chi connectivity index (χ1v) is 14.9. The van der Waals surface area contributed by atoms with Gasteiger partial charge in [-0.15, -0.1) is 0 Å². The molecule has 0 saturated carbocycles. The van der Waals surface area contributed by atoms with E-state index in [4.69, 9.17) is 0 Å². The van der Waals surface area contributed by atoms with Gasteiger partial charge in [0.05, 0.1) is 16.9 Å². The molecule has 0 spiro atoms. The van der Waals surface area contributed by atoms with Crippen LogP contribution in [0.5, 0.6) is 5.75 Å². The molecular formula is C34H34F3N5O4. The number of aromatic nitrogens is 3. The molecule has 4 heterocycles. The highest BCUT2D eigenvalue weighted by atomic mass is 19.1. The Morgan fingerprint density at radius 1 is 1.17 bits per heavy atom. The van der Waals surface area contributed by atoms with Gasteiger partial charge in [-0.25, -0.2) is 18.2 Å². The molecule has 1 fully saturated rings. The number of hydrogen-bond acceptors (Lipinski definition) is 6. The molecule has 240 valence electrons. The van der Waals surface area contributed by atoms with Crippen molar-refractivity contribution >= 4 is 22.8 Å². The van der Waals surface area contributed by atoms with Gasteiger partial charge >= 0.3 is 0 Å². The Balaban J connectivity index is 1.94. The van der Waals surface area contributed by atoms with Gasteiger partial charge in [0, 0.05) is 31.7 Å². The van der Waals surface area contributed by atoms with E-state index in [1.54, 1.807) is 26.1 Å². The zero-order valence-corrected chi connectivity index (χ0v) is 26.1. The maximum atomic E-state index is 16.2. The Labute approximate surface area is 263 Å². The van der Waals surface area contributed by atoms with Crippen molar-refractivity contribution in [2.75, 3.05) is 20.1 Å². The van der Waals surface area contributed by atoms with Gasteiger partial charge in [0.25, 0.3) is 17.4 Å². The molecule has 2 atom stereocenters. The SMILES string of the molecule is C=C(F)C(=O)N1CCC(c2c(C(=O)NC)c(=O)n(-c3c(C)ccnc3C(C)C)c3nc(-c4c(O)cccc4F)c(F)cc23)[C@@H](C)C1. The van der Waals surface area contributed by atoms with Crippen LogP contribution in [0.15, 0.2) is 53.7 Å². The molecule has 2 N–H and O–H groups in total. The van der Waals surface area contributed by atoms with Crippen LogP contribution < -0.4 is 10.9 Å². The monoisotopic (exact) mass is 633 g/mol. The number of fused-ring (bicyclic) bond motifs is 1. The highest BCUT2D eigenvalue weighted by Crippen LogP contribution is 2.41. The van der Waals surface area contributed by atoms with Gasteiger partial charge in [0.1, 0.15) is 28.5 Å². The summed E-state index contributed by atoms with van der Waals surface area (Å²) in [4.78, 5) is 51.0. The van der Waals surface area contributed by atoms with Crippen LogP contribution in [0.25, 0.3) is 28.0 Å². The van der Waals surface area contributed by atoms with Crippen molar-refractivity contribution in [3.05, 3.63) is 93.3 Å². The molecule has 1 saturated heterocycles. The second-order valence-corrected chi connectivity index (χ2v) is 11.9. The summed E-state index contributed by atoms with van der Waals surface area (Å²) in [6.45, 7) is 10.6. The molecule has 3 aromatic heterocycles. The molecule has 0 radical (unpaired) electrons. The number of amides is 2. The molecule has 5 rings (SSSR count). The second kappa shape index (κ2) is 12.4. The molecule has 2 amide bonds. The molecule has 4 aromatic rings. The molecule has 1 unspecified atom stereocenters.